The summed E-state index contributed by atoms with van der Waals surface area (Å²) >= 11 is 0. The second kappa shape index (κ2) is 31.6. The van der Waals surface area contributed by atoms with Crippen LogP contribution in [0.3, 0.4) is 0 Å². The van der Waals surface area contributed by atoms with E-state index in [1.54, 1.807) is 0 Å². The molecule has 0 amide bonds. The first-order chi connectivity index (χ1) is 43.9. The van der Waals surface area contributed by atoms with Crippen LogP contribution in [0.15, 0.2) is 249 Å². The summed E-state index contributed by atoms with van der Waals surface area (Å²) in [7, 11) is -37.4. The first-order valence-electron chi connectivity index (χ1n) is 33.5. The summed E-state index contributed by atoms with van der Waals surface area (Å²) in [6.45, 7) is 54.8. The molecule has 94 heavy (non-hydrogen) atoms. The van der Waals surface area contributed by atoms with Gasteiger partial charge in [0.1, 0.15) is 0 Å². The standard InChI is InChI=1S/C72H110O9Si13/c1-22-82(4,5)73-91(66-46-32-25-33-47-66,67-48-34-26-35-49-67)76-85(10,11)60-63-88(16,17)79-94(72-58-44-31-45-59-72,80-89(18,19)64-61-86(12,13)77-92(74-83(6,7)23-2,68-50-36-27-37-51-68)69-52-38-28-39-53-69)81-90(20,21)65-62-87(14,15)78-93(75-84(8,9)24-3,70-54-40-29-41-55-70)71-56-42-30-43-57-71/h22-59H,1-3,60-65H2,4-21H3. The summed E-state index contributed by atoms with van der Waals surface area (Å²) in [4.78, 5) is 0. The summed E-state index contributed by atoms with van der Waals surface area (Å²) in [6.07, 6.45) is 0. The van der Waals surface area contributed by atoms with E-state index in [1.165, 1.54) is 0 Å². The van der Waals surface area contributed by atoms with Crippen molar-refractivity contribution in [3.05, 3.63) is 249 Å². The maximum atomic E-state index is 8.23. The molecule has 0 atom stereocenters. The van der Waals surface area contributed by atoms with Crippen molar-refractivity contribution in [2.75, 3.05) is 0 Å². The van der Waals surface area contributed by atoms with Crippen molar-refractivity contribution in [1.29, 1.82) is 0 Å². The average Bonchev–Trinajstić information content (AvgIpc) is 0.779. The average molecular weight is 1480 g/mol. The minimum Gasteiger partial charge on any atom is -0.430 e. The van der Waals surface area contributed by atoms with Gasteiger partial charge in [0.05, 0.1) is 0 Å². The molecule has 0 unspecified atom stereocenters. The Balaban J connectivity index is 1.29. The van der Waals surface area contributed by atoms with Gasteiger partial charge in [0.25, 0.3) is 0 Å². The van der Waals surface area contributed by atoms with Crippen LogP contribution in [-0.2, 0) is 37.0 Å². The van der Waals surface area contributed by atoms with E-state index < -0.39 is 109 Å². The predicted molar refractivity (Wildman–Crippen MR) is 432 cm³/mol. The van der Waals surface area contributed by atoms with E-state index in [0.29, 0.717) is 0 Å². The van der Waals surface area contributed by atoms with Gasteiger partial charge in [-0.05, 0) is 185 Å². The van der Waals surface area contributed by atoms with Crippen molar-refractivity contribution in [2.45, 2.75) is 154 Å². The van der Waals surface area contributed by atoms with Gasteiger partial charge in [-0.2, -0.15) is 0 Å². The fourth-order valence-electron chi connectivity index (χ4n) is 11.7. The third-order valence-electron chi connectivity index (χ3n) is 17.2. The second-order valence-electron chi connectivity index (χ2n) is 30.4. The molecule has 0 heterocycles. The Morgan fingerprint density at radius 3 is 0.521 bits per heavy atom. The summed E-state index contributed by atoms with van der Waals surface area (Å²) in [5, 5.41) is 7.63. The van der Waals surface area contributed by atoms with Crippen molar-refractivity contribution in [1.82, 2.24) is 0 Å². The van der Waals surface area contributed by atoms with Crippen LogP contribution in [0.2, 0.25) is 154 Å². The van der Waals surface area contributed by atoms with Gasteiger partial charge in [-0.1, -0.05) is 229 Å². The third-order valence-corrected chi connectivity index (χ3v) is 67.7. The molecule has 0 fully saturated rings. The predicted octanol–water partition coefficient (Wildman–Crippen LogP) is 15.8. The molecule has 0 radical (unpaired) electrons. The SMILES string of the molecule is C=C[Si](C)(C)O[Si](O[Si](C)(C)CC[Si](C)(C)O[Si](O[Si](C)(C)CC[Si](C)(C)O[Si](O[Si](C)(C)C=C)(c1ccccc1)c1ccccc1)(O[Si](C)(C)CC[Si](C)(C)O[Si](O[Si](C)(C)C=C)(c1ccccc1)c1ccccc1)c1ccccc1)(c1ccccc1)c1ccccc1. The van der Waals surface area contributed by atoms with Crippen LogP contribution in [0, 0.1) is 0 Å². The van der Waals surface area contributed by atoms with Crippen LogP contribution in [0.5, 0.6) is 0 Å². The van der Waals surface area contributed by atoms with Crippen LogP contribution < -0.4 is 36.3 Å². The highest BCUT2D eigenvalue weighted by atomic mass is 28.5. The Bertz CT molecular complexity index is 3060. The first kappa shape index (κ1) is 77.6. The summed E-state index contributed by atoms with van der Waals surface area (Å²) in [6, 6.07) is 80.0. The zero-order valence-corrected chi connectivity index (χ0v) is 73.0. The number of benzene rings is 7. The lowest BCUT2D eigenvalue weighted by Gasteiger charge is -2.47. The molecular formula is C72H110O9Si13. The van der Waals surface area contributed by atoms with Crippen molar-refractivity contribution in [3.8, 4) is 0 Å². The van der Waals surface area contributed by atoms with E-state index in [1.807, 2.05) is 17.1 Å². The molecule has 7 aromatic carbocycles. The van der Waals surface area contributed by atoms with Crippen LogP contribution in [0.4, 0.5) is 0 Å². The van der Waals surface area contributed by atoms with Gasteiger partial charge in [-0.25, -0.2) is 0 Å². The summed E-state index contributed by atoms with van der Waals surface area (Å²) < 4.78 is 71.1. The van der Waals surface area contributed by atoms with E-state index in [9.17, 15) is 0 Å². The monoisotopic (exact) mass is 1480 g/mol. The first-order valence-corrected chi connectivity index (χ1v) is 68.3. The molecular weight excluding hydrogens is 1370 g/mol. The maximum Gasteiger partial charge on any atom is 0.505 e. The normalized spacial score (nSPS) is 13.8. The number of rotatable bonds is 37. The number of hydrogen-bond acceptors (Lipinski definition) is 9. The highest BCUT2D eigenvalue weighted by Crippen LogP contribution is 2.37. The van der Waals surface area contributed by atoms with Crippen molar-refractivity contribution in [3.63, 3.8) is 0 Å². The Labute approximate surface area is 581 Å². The zero-order chi connectivity index (χ0) is 69.0. The third kappa shape index (κ3) is 21.1. The molecule has 0 spiro atoms. The van der Waals surface area contributed by atoms with Gasteiger partial charge in [0, 0.05) is 5.19 Å². The van der Waals surface area contributed by atoms with Gasteiger partial charge in [-0.3, -0.25) is 0 Å². The van der Waals surface area contributed by atoms with Gasteiger partial charge in [-0.15, -0.1) is 19.7 Å². The van der Waals surface area contributed by atoms with E-state index in [2.05, 4.69) is 350 Å². The molecule has 0 saturated carbocycles. The summed E-state index contributed by atoms with van der Waals surface area (Å²) in [5.74, 6) is 0. The van der Waals surface area contributed by atoms with Gasteiger partial charge < -0.3 is 37.0 Å². The van der Waals surface area contributed by atoms with Crippen molar-refractivity contribution < 1.29 is 37.0 Å². The largest absolute Gasteiger partial charge is 0.505 e. The van der Waals surface area contributed by atoms with Crippen LogP contribution in [-0.4, -0.2) is 109 Å². The molecule has 0 aliphatic carbocycles. The molecule has 7 aromatic rings. The van der Waals surface area contributed by atoms with E-state index in [4.69, 9.17) is 37.0 Å². The topological polar surface area (TPSA) is 83.1 Å². The molecule has 0 saturated heterocycles. The Morgan fingerprint density at radius 1 is 0.213 bits per heavy atom. The molecule has 0 aliphatic heterocycles. The fraction of sp³-hybridized carbons (Fsp3) is 0.333. The van der Waals surface area contributed by atoms with Gasteiger partial charge in [0.2, 0.25) is 25.0 Å². The minimum absolute atomic E-state index is 0.828. The van der Waals surface area contributed by atoms with Crippen LogP contribution in [0.25, 0.3) is 0 Å². The molecule has 9 nitrogen and oxygen atoms in total. The minimum atomic E-state index is -3.89. The lowest BCUT2D eigenvalue weighted by molar-refractivity contribution is 0.268. The molecule has 504 valence electrons. The molecule has 0 aliphatic rings. The molecule has 0 bridgehead atoms. The molecule has 7 rings (SSSR count). The highest BCUT2D eigenvalue weighted by Gasteiger charge is 2.58. The van der Waals surface area contributed by atoms with Crippen molar-refractivity contribution in [2.24, 2.45) is 0 Å². The van der Waals surface area contributed by atoms with Gasteiger partial charge in [0.15, 0.2) is 49.9 Å². The summed E-state index contributed by atoms with van der Waals surface area (Å²) in [5.41, 5.74) is 6.11. The Kier molecular flexibility index (Phi) is 26.1. The number of hydrogen-bond donors (Lipinski definition) is 0. The van der Waals surface area contributed by atoms with E-state index in [-0.39, 0.29) is 0 Å². The smallest absolute Gasteiger partial charge is 0.430 e. The van der Waals surface area contributed by atoms with E-state index >= 15 is 0 Å². The van der Waals surface area contributed by atoms with Crippen LogP contribution in [0.1, 0.15) is 0 Å². The van der Waals surface area contributed by atoms with Crippen LogP contribution >= 0.6 is 0 Å². The fourth-order valence-corrected chi connectivity index (χ4v) is 72.3. The lowest BCUT2D eigenvalue weighted by atomic mass is 10.4. The highest BCUT2D eigenvalue weighted by molar-refractivity contribution is 7.06. The molecule has 0 N–H and O–H groups in total. The molecule has 0 aromatic heterocycles. The van der Waals surface area contributed by atoms with Crippen molar-refractivity contribution >= 4 is 146 Å². The second-order valence-corrected chi connectivity index (χ2v) is 81.5. The Morgan fingerprint density at radius 2 is 0.362 bits per heavy atom. The zero-order valence-electron chi connectivity index (χ0n) is 60.0. The van der Waals surface area contributed by atoms with E-state index in [0.717, 1.165) is 72.6 Å². The maximum absolute atomic E-state index is 8.23. The Hall–Kier alpha value is -3.78. The quantitative estimate of drug-likeness (QED) is 0.0354. The molecule has 22 heteroatoms. The van der Waals surface area contributed by atoms with Gasteiger partial charge >= 0.3 is 34.5 Å². The lowest BCUT2D eigenvalue weighted by Crippen LogP contribution is -2.71.